The van der Waals surface area contributed by atoms with Crippen molar-refractivity contribution in [1.82, 2.24) is 0 Å². The van der Waals surface area contributed by atoms with Crippen LogP contribution >= 0.6 is 15.9 Å². The van der Waals surface area contributed by atoms with Crippen molar-refractivity contribution in [1.29, 1.82) is 0 Å². The Bertz CT molecular complexity index is 740. The normalized spacial score (nSPS) is 11.2. The maximum atomic E-state index is 11.4. The Morgan fingerprint density at radius 3 is 2.71 bits per heavy atom. The van der Waals surface area contributed by atoms with Crippen molar-refractivity contribution in [2.45, 2.75) is 6.92 Å². The molecule has 84 valence electrons. The predicted molar refractivity (Wildman–Crippen MR) is 71.4 cm³/mol. The molecule has 0 spiro atoms. The maximum absolute atomic E-state index is 11.4. The van der Waals surface area contributed by atoms with Crippen molar-refractivity contribution in [3.63, 3.8) is 0 Å². The highest BCUT2D eigenvalue weighted by Crippen LogP contribution is 2.34. The Balaban J connectivity index is 2.50. The minimum Gasteiger partial charge on any atom is -0.455 e. The first-order valence-corrected chi connectivity index (χ1v) is 6.08. The number of Topliss-reactive ketones (excluding diaryl/α,β-unsaturated/α-hetero) is 1. The molecule has 3 aromatic rings. The number of halogens is 1. The van der Waals surface area contributed by atoms with Crippen molar-refractivity contribution < 1.29 is 9.21 Å². The van der Waals surface area contributed by atoms with Crippen molar-refractivity contribution in [2.75, 3.05) is 0 Å². The Hall–Kier alpha value is -1.61. The SMILES string of the molecule is CC(=O)c1cc(Br)c2oc3ccccc3c2c1. The number of carbonyl (C=O) groups is 1. The Kier molecular flexibility index (Phi) is 2.30. The topological polar surface area (TPSA) is 30.2 Å². The molecule has 0 unspecified atom stereocenters. The largest absolute Gasteiger partial charge is 0.455 e. The zero-order valence-electron chi connectivity index (χ0n) is 9.16. The molecular formula is C14H9BrO2. The fourth-order valence-electron chi connectivity index (χ4n) is 1.99. The molecule has 0 aliphatic rings. The molecule has 2 nitrogen and oxygen atoms in total. The van der Waals surface area contributed by atoms with E-state index >= 15 is 0 Å². The number of hydrogen-bond acceptors (Lipinski definition) is 2. The van der Waals surface area contributed by atoms with E-state index in [0.29, 0.717) is 5.56 Å². The summed E-state index contributed by atoms with van der Waals surface area (Å²) < 4.78 is 6.58. The van der Waals surface area contributed by atoms with Crippen LogP contribution in [0.4, 0.5) is 0 Å². The molecule has 0 atom stereocenters. The molecule has 1 aromatic heterocycles. The number of fused-ring (bicyclic) bond motifs is 3. The standard InChI is InChI=1S/C14H9BrO2/c1-8(16)9-6-11-10-4-2-3-5-13(10)17-14(11)12(15)7-9/h2-7H,1H3. The van der Waals surface area contributed by atoms with Crippen LogP contribution in [0.1, 0.15) is 17.3 Å². The van der Waals surface area contributed by atoms with Gasteiger partial charge >= 0.3 is 0 Å². The van der Waals surface area contributed by atoms with Crippen molar-refractivity contribution >= 4 is 43.7 Å². The summed E-state index contributed by atoms with van der Waals surface area (Å²) in [4.78, 5) is 11.4. The lowest BCUT2D eigenvalue weighted by molar-refractivity contribution is 0.101. The predicted octanol–water partition coefficient (Wildman–Crippen LogP) is 4.55. The number of benzene rings is 2. The molecule has 0 aliphatic carbocycles. The molecular weight excluding hydrogens is 280 g/mol. The van der Waals surface area contributed by atoms with E-state index in [9.17, 15) is 4.79 Å². The van der Waals surface area contributed by atoms with Gasteiger partial charge in [-0.25, -0.2) is 0 Å². The van der Waals surface area contributed by atoms with Crippen LogP contribution in [0.2, 0.25) is 0 Å². The van der Waals surface area contributed by atoms with Crippen LogP contribution in [-0.2, 0) is 0 Å². The second kappa shape index (κ2) is 3.70. The summed E-state index contributed by atoms with van der Waals surface area (Å²) in [5.74, 6) is 0.0536. The summed E-state index contributed by atoms with van der Waals surface area (Å²) in [5.41, 5.74) is 2.32. The molecule has 0 aliphatic heterocycles. The van der Waals surface area contributed by atoms with Crippen molar-refractivity contribution in [3.05, 3.63) is 46.4 Å². The average Bonchev–Trinajstić information content (AvgIpc) is 2.68. The highest BCUT2D eigenvalue weighted by Gasteiger charge is 2.12. The molecule has 0 saturated carbocycles. The van der Waals surface area contributed by atoms with Gasteiger partial charge in [0.05, 0.1) is 4.47 Å². The minimum atomic E-state index is 0.0536. The lowest BCUT2D eigenvalue weighted by atomic mass is 10.1. The molecule has 1 heterocycles. The Labute approximate surface area is 106 Å². The molecule has 0 N–H and O–H groups in total. The third kappa shape index (κ3) is 1.58. The van der Waals surface area contributed by atoms with Gasteiger partial charge in [-0.2, -0.15) is 0 Å². The summed E-state index contributed by atoms with van der Waals surface area (Å²) in [6, 6.07) is 11.5. The van der Waals surface area contributed by atoms with E-state index in [-0.39, 0.29) is 5.78 Å². The summed E-state index contributed by atoms with van der Waals surface area (Å²) >= 11 is 3.45. The van der Waals surface area contributed by atoms with Gasteiger partial charge in [0.1, 0.15) is 11.2 Å². The van der Waals surface area contributed by atoms with Crippen molar-refractivity contribution in [2.24, 2.45) is 0 Å². The molecule has 3 heteroatoms. The fraction of sp³-hybridized carbons (Fsp3) is 0.0714. The average molecular weight is 289 g/mol. The van der Waals surface area contributed by atoms with E-state index in [1.54, 1.807) is 13.0 Å². The van der Waals surface area contributed by atoms with Crippen LogP contribution in [-0.4, -0.2) is 5.78 Å². The maximum Gasteiger partial charge on any atom is 0.159 e. The zero-order valence-corrected chi connectivity index (χ0v) is 10.7. The van der Waals surface area contributed by atoms with E-state index in [1.165, 1.54) is 0 Å². The first-order chi connectivity index (χ1) is 8.16. The molecule has 0 saturated heterocycles. The number of para-hydroxylation sites is 1. The quantitative estimate of drug-likeness (QED) is 0.615. The van der Waals surface area contributed by atoms with Crippen LogP contribution < -0.4 is 0 Å². The number of ketones is 1. The van der Waals surface area contributed by atoms with Gasteiger partial charge < -0.3 is 4.42 Å². The van der Waals surface area contributed by atoms with Crippen LogP contribution in [0.25, 0.3) is 21.9 Å². The number of hydrogen-bond donors (Lipinski definition) is 0. The molecule has 2 aromatic carbocycles. The van der Waals surface area contributed by atoms with Gasteiger partial charge in [0.2, 0.25) is 0 Å². The number of carbonyl (C=O) groups excluding carboxylic acids is 1. The van der Waals surface area contributed by atoms with Gasteiger partial charge in [0.25, 0.3) is 0 Å². The van der Waals surface area contributed by atoms with Crippen LogP contribution in [0.3, 0.4) is 0 Å². The number of furan rings is 1. The zero-order chi connectivity index (χ0) is 12.0. The number of rotatable bonds is 1. The Morgan fingerprint density at radius 2 is 1.94 bits per heavy atom. The molecule has 0 amide bonds. The van der Waals surface area contributed by atoms with Crippen molar-refractivity contribution in [3.8, 4) is 0 Å². The summed E-state index contributed by atoms with van der Waals surface area (Å²) in [5, 5.41) is 2.01. The highest BCUT2D eigenvalue weighted by molar-refractivity contribution is 9.10. The molecule has 17 heavy (non-hydrogen) atoms. The fourth-order valence-corrected chi connectivity index (χ4v) is 2.53. The second-order valence-electron chi connectivity index (χ2n) is 3.99. The first-order valence-electron chi connectivity index (χ1n) is 5.28. The van der Waals surface area contributed by atoms with E-state index in [1.807, 2.05) is 30.3 Å². The van der Waals surface area contributed by atoms with Gasteiger partial charge in [0, 0.05) is 16.3 Å². The van der Waals surface area contributed by atoms with Gasteiger partial charge in [-0.3, -0.25) is 4.79 Å². The molecule has 0 fully saturated rings. The van der Waals surface area contributed by atoms with Gasteiger partial charge in [0.15, 0.2) is 5.78 Å². The molecule has 0 bridgehead atoms. The highest BCUT2D eigenvalue weighted by atomic mass is 79.9. The van der Waals surface area contributed by atoms with Gasteiger partial charge in [-0.05, 0) is 41.1 Å². The van der Waals surface area contributed by atoms with Gasteiger partial charge in [-0.1, -0.05) is 18.2 Å². The third-order valence-electron chi connectivity index (χ3n) is 2.84. The first kappa shape index (κ1) is 10.5. The van der Waals surface area contributed by atoms with Crippen LogP contribution in [0.15, 0.2) is 45.3 Å². The van der Waals surface area contributed by atoms with E-state index in [4.69, 9.17) is 4.42 Å². The summed E-state index contributed by atoms with van der Waals surface area (Å²) in [7, 11) is 0. The minimum absolute atomic E-state index is 0.0536. The summed E-state index contributed by atoms with van der Waals surface area (Å²) in [6.07, 6.45) is 0. The van der Waals surface area contributed by atoms with E-state index in [0.717, 1.165) is 26.4 Å². The monoisotopic (exact) mass is 288 g/mol. The Morgan fingerprint density at radius 1 is 1.18 bits per heavy atom. The third-order valence-corrected chi connectivity index (χ3v) is 3.43. The summed E-state index contributed by atoms with van der Waals surface area (Å²) in [6.45, 7) is 1.57. The van der Waals surface area contributed by atoms with Crippen LogP contribution in [0, 0.1) is 0 Å². The van der Waals surface area contributed by atoms with E-state index in [2.05, 4.69) is 15.9 Å². The lowest BCUT2D eigenvalue weighted by Crippen LogP contribution is -1.91. The van der Waals surface area contributed by atoms with Gasteiger partial charge in [-0.15, -0.1) is 0 Å². The lowest BCUT2D eigenvalue weighted by Gasteiger charge is -1.98. The van der Waals surface area contributed by atoms with Crippen LogP contribution in [0.5, 0.6) is 0 Å². The smallest absolute Gasteiger partial charge is 0.159 e. The molecule has 3 rings (SSSR count). The molecule has 0 radical (unpaired) electrons. The van der Waals surface area contributed by atoms with E-state index < -0.39 is 0 Å². The second-order valence-corrected chi connectivity index (χ2v) is 4.84.